The molecule has 4 atom stereocenters. The fourth-order valence-electron chi connectivity index (χ4n) is 3.77. The SMILES string of the molecule is C[C@@H]1CC[C@@H]([C@@](C)(O)CNCCCCc2ccccc2)[C@H](O)C1. The highest BCUT2D eigenvalue weighted by molar-refractivity contribution is 5.14. The first-order valence-corrected chi connectivity index (χ1v) is 9.14. The van der Waals surface area contributed by atoms with Crippen LogP contribution in [0.25, 0.3) is 0 Å². The molecule has 0 bridgehead atoms. The van der Waals surface area contributed by atoms with Gasteiger partial charge in [-0.25, -0.2) is 0 Å². The molecule has 1 aromatic rings. The summed E-state index contributed by atoms with van der Waals surface area (Å²) in [5, 5.41) is 24.3. The molecule has 0 radical (unpaired) electrons. The van der Waals surface area contributed by atoms with Crippen LogP contribution in [-0.4, -0.2) is 35.0 Å². The fourth-order valence-corrected chi connectivity index (χ4v) is 3.77. The largest absolute Gasteiger partial charge is 0.393 e. The van der Waals surface area contributed by atoms with Gasteiger partial charge in [-0.1, -0.05) is 43.7 Å². The summed E-state index contributed by atoms with van der Waals surface area (Å²) < 4.78 is 0. The maximum Gasteiger partial charge on any atom is 0.0796 e. The quantitative estimate of drug-likeness (QED) is 0.645. The van der Waals surface area contributed by atoms with Crippen molar-refractivity contribution in [2.45, 2.75) is 64.1 Å². The second-order valence-corrected chi connectivity index (χ2v) is 7.57. The topological polar surface area (TPSA) is 52.5 Å². The number of aliphatic hydroxyl groups is 2. The predicted octanol–water partition coefficient (Wildman–Crippen LogP) is 3.15. The number of unbranched alkanes of at least 4 members (excludes halogenated alkanes) is 1. The van der Waals surface area contributed by atoms with Crippen LogP contribution in [0.2, 0.25) is 0 Å². The third-order valence-corrected chi connectivity index (χ3v) is 5.27. The first-order valence-electron chi connectivity index (χ1n) is 9.14. The molecule has 3 nitrogen and oxygen atoms in total. The Kier molecular flexibility index (Phi) is 7.07. The van der Waals surface area contributed by atoms with Gasteiger partial charge in [0.25, 0.3) is 0 Å². The third-order valence-electron chi connectivity index (χ3n) is 5.27. The van der Waals surface area contributed by atoms with Crippen LogP contribution in [0.3, 0.4) is 0 Å². The molecule has 130 valence electrons. The number of hydrogen-bond acceptors (Lipinski definition) is 3. The molecule has 0 aliphatic heterocycles. The van der Waals surface area contributed by atoms with Crippen LogP contribution in [0.4, 0.5) is 0 Å². The molecule has 2 rings (SSSR count). The third kappa shape index (κ3) is 5.91. The van der Waals surface area contributed by atoms with Crippen LogP contribution in [0.5, 0.6) is 0 Å². The van der Waals surface area contributed by atoms with Crippen molar-refractivity contribution in [3.05, 3.63) is 35.9 Å². The lowest BCUT2D eigenvalue weighted by Gasteiger charge is -2.41. The van der Waals surface area contributed by atoms with Gasteiger partial charge in [0, 0.05) is 12.5 Å². The molecule has 0 heterocycles. The van der Waals surface area contributed by atoms with Gasteiger partial charge < -0.3 is 15.5 Å². The van der Waals surface area contributed by atoms with Crippen molar-refractivity contribution in [1.82, 2.24) is 5.32 Å². The molecular formula is C20H33NO2. The first kappa shape index (κ1) is 18.4. The number of aryl methyl sites for hydroxylation is 1. The summed E-state index contributed by atoms with van der Waals surface area (Å²) in [5.41, 5.74) is 0.567. The van der Waals surface area contributed by atoms with E-state index in [0.29, 0.717) is 12.5 Å². The zero-order valence-corrected chi connectivity index (χ0v) is 14.7. The summed E-state index contributed by atoms with van der Waals surface area (Å²) in [6.45, 7) is 5.53. The number of aliphatic hydroxyl groups excluding tert-OH is 1. The summed E-state index contributed by atoms with van der Waals surface area (Å²) in [7, 11) is 0. The van der Waals surface area contributed by atoms with E-state index in [-0.39, 0.29) is 12.0 Å². The normalized spacial score (nSPS) is 27.6. The number of hydrogen-bond donors (Lipinski definition) is 3. The summed E-state index contributed by atoms with van der Waals surface area (Å²) in [5.74, 6) is 0.568. The molecule has 1 fully saturated rings. The molecule has 1 aromatic carbocycles. The lowest BCUT2D eigenvalue weighted by molar-refractivity contribution is -0.0823. The predicted molar refractivity (Wildman–Crippen MR) is 95.4 cm³/mol. The zero-order chi connectivity index (χ0) is 16.7. The molecule has 0 aromatic heterocycles. The van der Waals surface area contributed by atoms with Crippen LogP contribution in [0, 0.1) is 11.8 Å². The van der Waals surface area contributed by atoms with Crippen LogP contribution >= 0.6 is 0 Å². The van der Waals surface area contributed by atoms with Gasteiger partial charge in [0.2, 0.25) is 0 Å². The lowest BCUT2D eigenvalue weighted by Crippen LogP contribution is -2.50. The molecule has 3 N–H and O–H groups in total. The maximum atomic E-state index is 10.7. The molecule has 0 amide bonds. The summed E-state index contributed by atoms with van der Waals surface area (Å²) >= 11 is 0. The average Bonchev–Trinajstić information content (AvgIpc) is 2.51. The standard InChI is InChI=1S/C20H33NO2/c1-16-11-12-18(19(22)14-16)20(2,23)15-21-13-7-6-10-17-8-4-3-5-9-17/h3-5,8-9,16,18-19,21-23H,6-7,10-15H2,1-2H3/t16-,18-,19-,20+/m1/s1. The van der Waals surface area contributed by atoms with Crippen molar-refractivity contribution in [1.29, 1.82) is 0 Å². The van der Waals surface area contributed by atoms with Gasteiger partial charge in [-0.05, 0) is 57.1 Å². The van der Waals surface area contributed by atoms with Crippen molar-refractivity contribution >= 4 is 0 Å². The average molecular weight is 319 g/mol. The minimum Gasteiger partial charge on any atom is -0.393 e. The Balaban J connectivity index is 1.63. The molecule has 1 aliphatic carbocycles. The highest BCUT2D eigenvalue weighted by atomic mass is 16.3. The molecule has 0 unspecified atom stereocenters. The van der Waals surface area contributed by atoms with Gasteiger partial charge >= 0.3 is 0 Å². The van der Waals surface area contributed by atoms with Crippen molar-refractivity contribution < 1.29 is 10.2 Å². The van der Waals surface area contributed by atoms with Gasteiger partial charge in [0.05, 0.1) is 11.7 Å². The lowest BCUT2D eigenvalue weighted by atomic mass is 9.72. The van der Waals surface area contributed by atoms with Gasteiger partial charge in [-0.3, -0.25) is 0 Å². The highest BCUT2D eigenvalue weighted by Crippen LogP contribution is 2.35. The van der Waals surface area contributed by atoms with Crippen molar-refractivity contribution in [2.24, 2.45) is 11.8 Å². The fraction of sp³-hybridized carbons (Fsp3) is 0.700. The maximum absolute atomic E-state index is 10.7. The van der Waals surface area contributed by atoms with Gasteiger partial charge in [-0.2, -0.15) is 0 Å². The Morgan fingerprint density at radius 3 is 2.61 bits per heavy atom. The van der Waals surface area contributed by atoms with Crippen LogP contribution in [0.1, 0.15) is 51.5 Å². The number of nitrogens with one attached hydrogen (secondary N) is 1. The van der Waals surface area contributed by atoms with E-state index in [1.54, 1.807) is 0 Å². The van der Waals surface area contributed by atoms with Gasteiger partial charge in [0.15, 0.2) is 0 Å². The molecule has 3 heteroatoms. The van der Waals surface area contributed by atoms with E-state index in [1.165, 1.54) is 5.56 Å². The summed E-state index contributed by atoms with van der Waals surface area (Å²) in [4.78, 5) is 0. The highest BCUT2D eigenvalue weighted by Gasteiger charge is 2.39. The van der Waals surface area contributed by atoms with E-state index in [0.717, 1.165) is 45.1 Å². The van der Waals surface area contributed by atoms with Crippen molar-refractivity contribution in [3.63, 3.8) is 0 Å². The summed E-state index contributed by atoms with van der Waals surface area (Å²) in [6, 6.07) is 10.6. The van der Waals surface area contributed by atoms with Crippen LogP contribution in [0.15, 0.2) is 30.3 Å². The Labute approximate surface area is 141 Å². The Bertz CT molecular complexity index is 446. The summed E-state index contributed by atoms with van der Waals surface area (Å²) in [6.07, 6.45) is 5.85. The second kappa shape index (κ2) is 8.81. The molecule has 1 aliphatic rings. The number of benzene rings is 1. The van der Waals surface area contributed by atoms with Crippen LogP contribution in [-0.2, 0) is 6.42 Å². The minimum atomic E-state index is -0.820. The molecule has 1 saturated carbocycles. The van der Waals surface area contributed by atoms with E-state index in [1.807, 2.05) is 13.0 Å². The number of rotatable bonds is 8. The van der Waals surface area contributed by atoms with Crippen molar-refractivity contribution in [3.8, 4) is 0 Å². The minimum absolute atomic E-state index is 0.00415. The van der Waals surface area contributed by atoms with Gasteiger partial charge in [-0.15, -0.1) is 0 Å². The second-order valence-electron chi connectivity index (χ2n) is 7.57. The van der Waals surface area contributed by atoms with Gasteiger partial charge in [0.1, 0.15) is 0 Å². The Morgan fingerprint density at radius 2 is 1.91 bits per heavy atom. The Morgan fingerprint density at radius 1 is 1.17 bits per heavy atom. The molecule has 0 saturated heterocycles. The van der Waals surface area contributed by atoms with Crippen molar-refractivity contribution in [2.75, 3.05) is 13.1 Å². The molecular weight excluding hydrogens is 286 g/mol. The van der Waals surface area contributed by atoms with Crippen LogP contribution < -0.4 is 5.32 Å². The smallest absolute Gasteiger partial charge is 0.0796 e. The zero-order valence-electron chi connectivity index (χ0n) is 14.7. The monoisotopic (exact) mass is 319 g/mol. The van der Waals surface area contributed by atoms with E-state index in [4.69, 9.17) is 0 Å². The Hall–Kier alpha value is -0.900. The van der Waals surface area contributed by atoms with E-state index in [2.05, 4.69) is 36.5 Å². The van der Waals surface area contributed by atoms with E-state index >= 15 is 0 Å². The van der Waals surface area contributed by atoms with E-state index < -0.39 is 5.60 Å². The molecule has 0 spiro atoms. The van der Waals surface area contributed by atoms with E-state index in [9.17, 15) is 10.2 Å². The molecule has 23 heavy (non-hydrogen) atoms. The first-order chi connectivity index (χ1) is 11.0.